The van der Waals surface area contributed by atoms with Crippen LogP contribution in [0.3, 0.4) is 0 Å². The first kappa shape index (κ1) is 14.6. The molecule has 0 radical (unpaired) electrons. The van der Waals surface area contributed by atoms with E-state index in [4.69, 9.17) is 9.84 Å². The van der Waals surface area contributed by atoms with Gasteiger partial charge in [0, 0.05) is 0 Å². The number of aliphatic hydroxyl groups excluding tert-OH is 1. The van der Waals surface area contributed by atoms with Gasteiger partial charge in [-0.25, -0.2) is 0 Å². The highest BCUT2D eigenvalue weighted by Gasteiger charge is 2.34. The van der Waals surface area contributed by atoms with E-state index in [2.05, 4.69) is 6.58 Å². The fourth-order valence-corrected chi connectivity index (χ4v) is 1.30. The minimum absolute atomic E-state index is 0.0536. The number of halogens is 3. The van der Waals surface area contributed by atoms with E-state index in [0.29, 0.717) is 12.0 Å². The molecule has 0 aliphatic heterocycles. The number of hydrogen-bond acceptors (Lipinski definition) is 2. The quantitative estimate of drug-likeness (QED) is 0.820. The molecule has 2 nitrogen and oxygen atoms in total. The van der Waals surface area contributed by atoms with Gasteiger partial charge in [0.1, 0.15) is 12.4 Å². The molecule has 0 aromatic heterocycles. The van der Waals surface area contributed by atoms with Crippen molar-refractivity contribution in [1.82, 2.24) is 0 Å². The highest BCUT2D eigenvalue weighted by molar-refractivity contribution is 5.39. The molecule has 0 saturated carbocycles. The van der Waals surface area contributed by atoms with E-state index in [1.807, 2.05) is 6.92 Å². The molecule has 1 aromatic carbocycles. The summed E-state index contributed by atoms with van der Waals surface area (Å²) in [7, 11) is 0. The second-order valence-electron chi connectivity index (χ2n) is 3.88. The highest BCUT2D eigenvalue weighted by Crippen LogP contribution is 2.37. The van der Waals surface area contributed by atoms with Gasteiger partial charge < -0.3 is 9.84 Å². The smallest absolute Gasteiger partial charge is 0.419 e. The molecule has 0 aliphatic rings. The third-order valence-electron chi connectivity index (χ3n) is 2.46. The Labute approximate surface area is 104 Å². The van der Waals surface area contributed by atoms with E-state index < -0.39 is 18.3 Å². The van der Waals surface area contributed by atoms with Crippen molar-refractivity contribution in [3.63, 3.8) is 0 Å². The van der Waals surface area contributed by atoms with Crippen molar-refractivity contribution in [3.05, 3.63) is 41.5 Å². The largest absolute Gasteiger partial charge is 0.489 e. The molecule has 0 unspecified atom stereocenters. The third-order valence-corrected chi connectivity index (χ3v) is 2.46. The van der Waals surface area contributed by atoms with Gasteiger partial charge in [-0.05, 0) is 29.7 Å². The van der Waals surface area contributed by atoms with Crippen molar-refractivity contribution in [3.8, 4) is 5.75 Å². The average Bonchev–Trinajstić information content (AvgIpc) is 2.34. The maximum Gasteiger partial charge on any atom is 0.419 e. The molecule has 0 bridgehead atoms. The van der Waals surface area contributed by atoms with Gasteiger partial charge in [0.25, 0.3) is 0 Å². The summed E-state index contributed by atoms with van der Waals surface area (Å²) in [5, 5.41) is 8.85. The summed E-state index contributed by atoms with van der Waals surface area (Å²) < 4.78 is 43.5. The Bertz CT molecular complexity index is 425. The number of alkyl halides is 3. The van der Waals surface area contributed by atoms with E-state index in [0.717, 1.165) is 6.07 Å². The Balaban J connectivity index is 2.99. The van der Waals surface area contributed by atoms with E-state index in [9.17, 15) is 13.2 Å². The number of ether oxygens (including phenoxy) is 1. The average molecular weight is 260 g/mol. The SMILES string of the molecule is C=C(CC)COc1ccc(CO)cc1C(F)(F)F. The van der Waals surface area contributed by atoms with Crippen LogP contribution in [0.1, 0.15) is 24.5 Å². The van der Waals surface area contributed by atoms with E-state index >= 15 is 0 Å². The van der Waals surface area contributed by atoms with E-state index in [-0.39, 0.29) is 17.9 Å². The standard InChI is InChI=1S/C13H15F3O2/c1-3-9(2)8-18-12-5-4-10(7-17)6-11(12)13(14,15)16/h4-6,17H,2-3,7-8H2,1H3. The Morgan fingerprint density at radius 3 is 2.56 bits per heavy atom. The van der Waals surface area contributed by atoms with Crippen LogP contribution in [0.15, 0.2) is 30.4 Å². The van der Waals surface area contributed by atoms with Gasteiger partial charge in [0.2, 0.25) is 0 Å². The van der Waals surface area contributed by atoms with Crippen molar-refractivity contribution >= 4 is 0 Å². The van der Waals surface area contributed by atoms with E-state index in [1.165, 1.54) is 12.1 Å². The van der Waals surface area contributed by atoms with Gasteiger partial charge >= 0.3 is 6.18 Å². The molecular weight excluding hydrogens is 245 g/mol. The minimum Gasteiger partial charge on any atom is -0.489 e. The first-order chi connectivity index (χ1) is 8.38. The molecule has 18 heavy (non-hydrogen) atoms. The van der Waals surface area contributed by atoms with E-state index in [1.54, 1.807) is 0 Å². The maximum atomic E-state index is 12.8. The van der Waals surface area contributed by atoms with Gasteiger partial charge in [0.15, 0.2) is 0 Å². The number of aliphatic hydroxyl groups is 1. The van der Waals surface area contributed by atoms with Crippen molar-refractivity contribution < 1.29 is 23.0 Å². The van der Waals surface area contributed by atoms with Crippen LogP contribution in [0, 0.1) is 0 Å². The lowest BCUT2D eigenvalue weighted by Gasteiger charge is -2.15. The molecule has 0 atom stereocenters. The highest BCUT2D eigenvalue weighted by atomic mass is 19.4. The lowest BCUT2D eigenvalue weighted by atomic mass is 10.1. The van der Waals surface area contributed by atoms with Crippen LogP contribution in [0.5, 0.6) is 5.75 Å². The molecule has 100 valence electrons. The second kappa shape index (κ2) is 5.91. The Hall–Kier alpha value is -1.49. The summed E-state index contributed by atoms with van der Waals surface area (Å²) in [6.45, 7) is 5.13. The summed E-state index contributed by atoms with van der Waals surface area (Å²) in [5.74, 6) is -0.241. The van der Waals surface area contributed by atoms with Crippen LogP contribution in [-0.4, -0.2) is 11.7 Å². The van der Waals surface area contributed by atoms with Crippen LogP contribution in [0.2, 0.25) is 0 Å². The van der Waals surface area contributed by atoms with Crippen molar-refractivity contribution in [1.29, 1.82) is 0 Å². The van der Waals surface area contributed by atoms with Crippen LogP contribution >= 0.6 is 0 Å². The molecule has 0 saturated heterocycles. The Kier molecular flexibility index (Phi) is 4.78. The lowest BCUT2D eigenvalue weighted by molar-refractivity contribution is -0.139. The van der Waals surface area contributed by atoms with Gasteiger partial charge in [-0.1, -0.05) is 19.6 Å². The normalized spacial score (nSPS) is 11.4. The van der Waals surface area contributed by atoms with Crippen molar-refractivity contribution in [2.45, 2.75) is 26.1 Å². The van der Waals surface area contributed by atoms with Gasteiger partial charge in [-0.2, -0.15) is 13.2 Å². The fourth-order valence-electron chi connectivity index (χ4n) is 1.30. The summed E-state index contributed by atoms with van der Waals surface area (Å²) in [5.41, 5.74) is 0.0382. The monoisotopic (exact) mass is 260 g/mol. The summed E-state index contributed by atoms with van der Waals surface area (Å²) in [6, 6.07) is 3.51. The zero-order valence-electron chi connectivity index (χ0n) is 10.0. The Morgan fingerprint density at radius 1 is 1.39 bits per heavy atom. The molecule has 0 spiro atoms. The van der Waals surface area contributed by atoms with Crippen molar-refractivity contribution in [2.75, 3.05) is 6.61 Å². The fraction of sp³-hybridized carbons (Fsp3) is 0.385. The first-order valence-corrected chi connectivity index (χ1v) is 5.49. The first-order valence-electron chi connectivity index (χ1n) is 5.49. The van der Waals surface area contributed by atoms with Gasteiger partial charge in [0.05, 0.1) is 12.2 Å². The molecule has 0 fully saturated rings. The van der Waals surface area contributed by atoms with Crippen LogP contribution < -0.4 is 4.74 Å². The zero-order chi connectivity index (χ0) is 13.8. The number of hydrogen-bond donors (Lipinski definition) is 1. The zero-order valence-corrected chi connectivity index (χ0v) is 10.0. The molecule has 0 heterocycles. The predicted octanol–water partition coefficient (Wildman–Crippen LogP) is 3.54. The molecule has 5 heteroatoms. The molecule has 1 N–H and O–H groups in total. The van der Waals surface area contributed by atoms with Crippen molar-refractivity contribution in [2.24, 2.45) is 0 Å². The lowest BCUT2D eigenvalue weighted by Crippen LogP contribution is -2.10. The second-order valence-corrected chi connectivity index (χ2v) is 3.88. The van der Waals surface area contributed by atoms with Crippen LogP contribution in [-0.2, 0) is 12.8 Å². The minimum atomic E-state index is -4.51. The molecule has 0 amide bonds. The molecular formula is C13H15F3O2. The summed E-state index contributed by atoms with van der Waals surface area (Å²) in [4.78, 5) is 0. The van der Waals surface area contributed by atoms with Gasteiger partial charge in [-0.3, -0.25) is 0 Å². The molecule has 1 rings (SSSR count). The maximum absolute atomic E-state index is 12.8. The molecule has 0 aliphatic carbocycles. The summed E-state index contributed by atoms with van der Waals surface area (Å²) in [6.07, 6.45) is -3.86. The number of benzene rings is 1. The third kappa shape index (κ3) is 3.77. The Morgan fingerprint density at radius 2 is 2.06 bits per heavy atom. The predicted molar refractivity (Wildman–Crippen MR) is 62.3 cm³/mol. The summed E-state index contributed by atoms with van der Waals surface area (Å²) >= 11 is 0. The van der Waals surface area contributed by atoms with Crippen LogP contribution in [0.25, 0.3) is 0 Å². The topological polar surface area (TPSA) is 29.5 Å². The van der Waals surface area contributed by atoms with Crippen LogP contribution in [0.4, 0.5) is 13.2 Å². The number of rotatable bonds is 5. The molecule has 1 aromatic rings. The van der Waals surface area contributed by atoms with Gasteiger partial charge in [-0.15, -0.1) is 0 Å².